The van der Waals surface area contributed by atoms with Crippen LogP contribution < -0.4 is 0 Å². The van der Waals surface area contributed by atoms with E-state index in [0.29, 0.717) is 11.3 Å². The standard InChI is InChI=1S/C15H13BrFNO/c1-2-10-6-7-11(18-9-10)8-14(19)12-4-3-5-13(17)15(12)16/h3-7,9H,2,8H2,1H3. The van der Waals surface area contributed by atoms with Crippen molar-refractivity contribution in [1.29, 1.82) is 0 Å². The fraction of sp³-hybridized carbons (Fsp3) is 0.200. The Bertz CT molecular complexity index is 596. The Kier molecular flexibility index (Phi) is 4.43. The molecule has 0 saturated carbocycles. The Hall–Kier alpha value is -1.55. The van der Waals surface area contributed by atoms with E-state index in [4.69, 9.17) is 0 Å². The lowest BCUT2D eigenvalue weighted by molar-refractivity contribution is 0.0990. The van der Waals surface area contributed by atoms with Gasteiger partial charge in [-0.2, -0.15) is 0 Å². The van der Waals surface area contributed by atoms with E-state index in [-0.39, 0.29) is 16.7 Å². The van der Waals surface area contributed by atoms with Gasteiger partial charge in [-0.15, -0.1) is 0 Å². The highest BCUT2D eigenvalue weighted by Crippen LogP contribution is 2.21. The molecule has 1 heterocycles. The van der Waals surface area contributed by atoms with Gasteiger partial charge in [0.2, 0.25) is 0 Å². The molecule has 0 bridgehead atoms. The number of hydrogen-bond donors (Lipinski definition) is 0. The quantitative estimate of drug-likeness (QED) is 0.797. The lowest BCUT2D eigenvalue weighted by atomic mass is 10.1. The molecule has 0 amide bonds. The predicted molar refractivity (Wildman–Crippen MR) is 75.7 cm³/mol. The molecule has 2 rings (SSSR count). The highest BCUT2D eigenvalue weighted by Gasteiger charge is 2.14. The number of aryl methyl sites for hydroxylation is 1. The van der Waals surface area contributed by atoms with Crippen LogP contribution in [-0.4, -0.2) is 10.8 Å². The number of carbonyl (C=O) groups excluding carboxylic acids is 1. The van der Waals surface area contributed by atoms with Crippen molar-refractivity contribution >= 4 is 21.7 Å². The van der Waals surface area contributed by atoms with Gasteiger partial charge in [-0.3, -0.25) is 9.78 Å². The summed E-state index contributed by atoms with van der Waals surface area (Å²) in [5.41, 5.74) is 2.17. The summed E-state index contributed by atoms with van der Waals surface area (Å²) in [6.45, 7) is 2.05. The average Bonchev–Trinajstić information content (AvgIpc) is 2.42. The molecule has 0 atom stereocenters. The van der Waals surface area contributed by atoms with Gasteiger partial charge in [0.15, 0.2) is 5.78 Å². The first-order valence-electron chi connectivity index (χ1n) is 6.03. The Labute approximate surface area is 119 Å². The van der Waals surface area contributed by atoms with E-state index in [2.05, 4.69) is 20.9 Å². The number of Topliss-reactive ketones (excluding diaryl/α,β-unsaturated/α-hetero) is 1. The predicted octanol–water partition coefficient (Wildman–Crippen LogP) is 3.97. The van der Waals surface area contributed by atoms with Crippen LogP contribution in [0.2, 0.25) is 0 Å². The van der Waals surface area contributed by atoms with Crippen molar-refractivity contribution in [3.63, 3.8) is 0 Å². The van der Waals surface area contributed by atoms with Crippen LogP contribution in [0.3, 0.4) is 0 Å². The Morgan fingerprint density at radius 3 is 2.74 bits per heavy atom. The smallest absolute Gasteiger partial charge is 0.170 e. The zero-order chi connectivity index (χ0) is 13.8. The Morgan fingerprint density at radius 1 is 1.32 bits per heavy atom. The van der Waals surface area contributed by atoms with Gasteiger partial charge in [0.05, 0.1) is 10.9 Å². The van der Waals surface area contributed by atoms with Crippen LogP contribution in [0.4, 0.5) is 4.39 Å². The van der Waals surface area contributed by atoms with Crippen LogP contribution in [0.5, 0.6) is 0 Å². The Morgan fingerprint density at radius 2 is 2.11 bits per heavy atom. The zero-order valence-corrected chi connectivity index (χ0v) is 12.1. The van der Waals surface area contributed by atoms with Crippen LogP contribution in [0.15, 0.2) is 41.0 Å². The molecule has 1 aromatic carbocycles. The fourth-order valence-electron chi connectivity index (χ4n) is 1.75. The summed E-state index contributed by atoms with van der Waals surface area (Å²) in [5, 5.41) is 0. The average molecular weight is 322 g/mol. The van der Waals surface area contributed by atoms with Crippen LogP contribution in [-0.2, 0) is 12.8 Å². The SMILES string of the molecule is CCc1ccc(CC(=O)c2cccc(F)c2Br)nc1. The molecule has 0 N–H and O–H groups in total. The summed E-state index contributed by atoms with van der Waals surface area (Å²) in [6, 6.07) is 8.24. The molecule has 1 aromatic heterocycles. The van der Waals surface area contributed by atoms with Gasteiger partial charge in [-0.05, 0) is 40.0 Å². The maximum absolute atomic E-state index is 13.4. The number of rotatable bonds is 4. The molecule has 0 spiro atoms. The van der Waals surface area contributed by atoms with Gasteiger partial charge in [0.1, 0.15) is 5.82 Å². The second-order valence-electron chi connectivity index (χ2n) is 4.21. The lowest BCUT2D eigenvalue weighted by Gasteiger charge is -2.05. The van der Waals surface area contributed by atoms with Crippen molar-refractivity contribution in [2.24, 2.45) is 0 Å². The van der Waals surface area contributed by atoms with E-state index in [0.717, 1.165) is 12.0 Å². The first-order chi connectivity index (χ1) is 9.11. The molecule has 0 aliphatic rings. The van der Waals surface area contributed by atoms with Crippen molar-refractivity contribution in [2.45, 2.75) is 19.8 Å². The summed E-state index contributed by atoms with van der Waals surface area (Å²) >= 11 is 3.10. The maximum Gasteiger partial charge on any atom is 0.170 e. The van der Waals surface area contributed by atoms with E-state index in [1.54, 1.807) is 12.3 Å². The monoisotopic (exact) mass is 321 g/mol. The van der Waals surface area contributed by atoms with Crippen LogP contribution in [0, 0.1) is 5.82 Å². The molecule has 4 heteroatoms. The second-order valence-corrected chi connectivity index (χ2v) is 5.01. The van der Waals surface area contributed by atoms with E-state index in [1.807, 2.05) is 19.1 Å². The molecule has 19 heavy (non-hydrogen) atoms. The minimum absolute atomic E-state index is 0.150. The summed E-state index contributed by atoms with van der Waals surface area (Å²) in [5.74, 6) is -0.580. The molecule has 0 fully saturated rings. The molecule has 0 unspecified atom stereocenters. The molecule has 0 radical (unpaired) electrons. The molecular weight excluding hydrogens is 309 g/mol. The highest BCUT2D eigenvalue weighted by molar-refractivity contribution is 9.10. The lowest BCUT2D eigenvalue weighted by Crippen LogP contribution is -2.06. The molecule has 0 aliphatic carbocycles. The normalized spacial score (nSPS) is 10.5. The third-order valence-corrected chi connectivity index (χ3v) is 3.69. The third-order valence-electron chi connectivity index (χ3n) is 2.89. The Balaban J connectivity index is 2.18. The number of hydrogen-bond acceptors (Lipinski definition) is 2. The van der Waals surface area contributed by atoms with E-state index >= 15 is 0 Å². The second kappa shape index (κ2) is 6.06. The first kappa shape index (κ1) is 13.9. The number of ketones is 1. The largest absolute Gasteiger partial charge is 0.294 e. The van der Waals surface area contributed by atoms with Crippen molar-refractivity contribution in [2.75, 3.05) is 0 Å². The molecule has 98 valence electrons. The van der Waals surface area contributed by atoms with Crippen LogP contribution in [0.25, 0.3) is 0 Å². The van der Waals surface area contributed by atoms with Gasteiger partial charge in [-0.25, -0.2) is 4.39 Å². The molecule has 2 nitrogen and oxygen atoms in total. The summed E-state index contributed by atoms with van der Waals surface area (Å²) in [7, 11) is 0. The number of nitrogens with zero attached hydrogens (tertiary/aromatic N) is 1. The molecule has 2 aromatic rings. The number of pyridine rings is 1. The molecule has 0 saturated heterocycles. The van der Waals surface area contributed by atoms with Gasteiger partial charge < -0.3 is 0 Å². The minimum Gasteiger partial charge on any atom is -0.294 e. The topological polar surface area (TPSA) is 30.0 Å². The van der Waals surface area contributed by atoms with Gasteiger partial charge in [0.25, 0.3) is 0 Å². The first-order valence-corrected chi connectivity index (χ1v) is 6.82. The van der Waals surface area contributed by atoms with Crippen molar-refractivity contribution in [3.8, 4) is 0 Å². The van der Waals surface area contributed by atoms with Crippen molar-refractivity contribution < 1.29 is 9.18 Å². The van der Waals surface area contributed by atoms with Crippen LogP contribution in [0.1, 0.15) is 28.5 Å². The summed E-state index contributed by atoms with van der Waals surface area (Å²) in [6.07, 6.45) is 2.85. The minimum atomic E-state index is -0.430. The number of carbonyl (C=O) groups is 1. The zero-order valence-electron chi connectivity index (χ0n) is 10.5. The van der Waals surface area contributed by atoms with Crippen molar-refractivity contribution in [3.05, 3.63) is 63.6 Å². The maximum atomic E-state index is 13.4. The number of halogens is 2. The fourth-order valence-corrected chi connectivity index (χ4v) is 2.23. The number of aromatic nitrogens is 1. The third kappa shape index (κ3) is 3.26. The summed E-state index contributed by atoms with van der Waals surface area (Å²) in [4.78, 5) is 16.3. The molecule has 0 aliphatic heterocycles. The highest BCUT2D eigenvalue weighted by atomic mass is 79.9. The van der Waals surface area contributed by atoms with Gasteiger partial charge in [-0.1, -0.05) is 25.1 Å². The summed E-state index contributed by atoms with van der Waals surface area (Å²) < 4.78 is 13.6. The van der Waals surface area contributed by atoms with Gasteiger partial charge >= 0.3 is 0 Å². The van der Waals surface area contributed by atoms with Gasteiger partial charge in [0, 0.05) is 17.5 Å². The van der Waals surface area contributed by atoms with Crippen molar-refractivity contribution in [1.82, 2.24) is 4.98 Å². The van der Waals surface area contributed by atoms with Crippen LogP contribution >= 0.6 is 15.9 Å². The molecular formula is C15H13BrFNO. The van der Waals surface area contributed by atoms with E-state index < -0.39 is 5.82 Å². The number of benzene rings is 1. The van der Waals surface area contributed by atoms with E-state index in [1.165, 1.54) is 12.1 Å². The van der Waals surface area contributed by atoms with E-state index in [9.17, 15) is 9.18 Å².